The first-order chi connectivity index (χ1) is 2.41. The van der Waals surface area contributed by atoms with Crippen LogP contribution in [0.1, 0.15) is 6.42 Å². The number of rotatable bonds is 1. The molecule has 0 aromatic carbocycles. The summed E-state index contributed by atoms with van der Waals surface area (Å²) in [5.74, 6) is 0. The molecule has 0 N–H and O–H groups in total. The van der Waals surface area contributed by atoms with Gasteiger partial charge in [0, 0.05) is 29.6 Å². The van der Waals surface area contributed by atoms with Crippen LogP contribution in [-0.2, 0) is 4.79 Å². The first kappa shape index (κ1) is 9.48. The summed E-state index contributed by atoms with van der Waals surface area (Å²) >= 11 is 0. The summed E-state index contributed by atoms with van der Waals surface area (Å²) in [6.07, 6.45) is 0.583. The largest absolute Gasteiger partial charge is 0.302 e. The minimum atomic E-state index is 0. The van der Waals surface area contributed by atoms with Crippen LogP contribution in [0.15, 0.2) is 0 Å². The Hall–Kier alpha value is 0.160. The van der Waals surface area contributed by atoms with Gasteiger partial charge in [0.05, 0.1) is 12.5 Å². The molecule has 0 fully saturated rings. The van der Waals surface area contributed by atoms with Crippen molar-refractivity contribution < 1.29 is 4.79 Å². The van der Waals surface area contributed by atoms with Gasteiger partial charge in [-0.25, -0.2) is 0 Å². The predicted octanol–water partition coefficient (Wildman–Crippen LogP) is -0.282. The van der Waals surface area contributed by atoms with E-state index in [0.29, 0.717) is 6.29 Å². The standard InChI is InChI=1S/C3H3NO.Na/c4-2-1-3-5;/h3H,1H2;. The Labute approximate surface area is 58.4 Å². The van der Waals surface area contributed by atoms with Gasteiger partial charge in [0.25, 0.3) is 0 Å². The zero-order valence-electron chi connectivity index (χ0n) is 3.64. The summed E-state index contributed by atoms with van der Waals surface area (Å²) in [6, 6.07) is 1.65. The van der Waals surface area contributed by atoms with E-state index in [1.165, 1.54) is 0 Å². The van der Waals surface area contributed by atoms with E-state index in [9.17, 15) is 4.79 Å². The molecule has 0 aliphatic heterocycles. The zero-order chi connectivity index (χ0) is 4.12. The Balaban J connectivity index is 0. The average molecular weight is 92.1 g/mol. The van der Waals surface area contributed by atoms with Crippen LogP contribution in [0.5, 0.6) is 0 Å². The van der Waals surface area contributed by atoms with E-state index >= 15 is 0 Å². The second-order valence-corrected chi connectivity index (χ2v) is 0.529. The summed E-state index contributed by atoms with van der Waals surface area (Å²) in [5.41, 5.74) is 0. The molecule has 0 bridgehead atoms. The molecule has 0 aliphatic rings. The third kappa shape index (κ3) is 8.90. The third-order valence-corrected chi connectivity index (χ3v) is 0.175. The maximum atomic E-state index is 9.18. The first-order valence-electron chi connectivity index (χ1n) is 1.22. The van der Waals surface area contributed by atoms with Crippen molar-refractivity contribution in [3.8, 4) is 6.07 Å². The van der Waals surface area contributed by atoms with Crippen molar-refractivity contribution in [3.63, 3.8) is 0 Å². The summed E-state index contributed by atoms with van der Waals surface area (Å²) < 4.78 is 0. The Morgan fingerprint density at radius 1 is 1.83 bits per heavy atom. The topological polar surface area (TPSA) is 40.9 Å². The maximum Gasteiger partial charge on any atom is 0.134 e. The second-order valence-electron chi connectivity index (χ2n) is 0.529. The van der Waals surface area contributed by atoms with Gasteiger partial charge in [-0.2, -0.15) is 5.26 Å². The molecule has 0 amide bonds. The minimum absolute atomic E-state index is 0. The number of aldehydes is 1. The van der Waals surface area contributed by atoms with Crippen molar-refractivity contribution >= 4 is 35.8 Å². The summed E-state index contributed by atoms with van der Waals surface area (Å²) in [4.78, 5) is 9.18. The molecular weight excluding hydrogens is 89.0 g/mol. The van der Waals surface area contributed by atoms with E-state index in [1.54, 1.807) is 6.07 Å². The van der Waals surface area contributed by atoms with Crippen LogP contribution in [0.2, 0.25) is 0 Å². The molecule has 0 rings (SSSR count). The Morgan fingerprint density at radius 2 is 2.33 bits per heavy atom. The normalized spacial score (nSPS) is 4.50. The molecule has 1 radical (unpaired) electrons. The molecule has 0 atom stereocenters. The fourth-order valence-corrected chi connectivity index (χ4v) is 0.0373. The fourth-order valence-electron chi connectivity index (χ4n) is 0.0373. The van der Waals surface area contributed by atoms with E-state index in [0.717, 1.165) is 0 Å². The molecule has 3 heteroatoms. The van der Waals surface area contributed by atoms with Gasteiger partial charge in [0.1, 0.15) is 6.29 Å². The van der Waals surface area contributed by atoms with Crippen LogP contribution >= 0.6 is 0 Å². The summed E-state index contributed by atoms with van der Waals surface area (Å²) in [5, 5.41) is 7.58. The van der Waals surface area contributed by atoms with Gasteiger partial charge in [-0.05, 0) is 0 Å². The number of hydrogen-bond donors (Lipinski definition) is 0. The van der Waals surface area contributed by atoms with E-state index < -0.39 is 0 Å². The molecule has 0 unspecified atom stereocenters. The second kappa shape index (κ2) is 8.94. The summed E-state index contributed by atoms with van der Waals surface area (Å²) in [6.45, 7) is 0. The summed E-state index contributed by atoms with van der Waals surface area (Å²) in [7, 11) is 0. The van der Waals surface area contributed by atoms with Gasteiger partial charge in [-0.1, -0.05) is 0 Å². The molecule has 2 nitrogen and oxygen atoms in total. The monoisotopic (exact) mass is 92.0 g/mol. The molecular formula is C3H3NNaO. The first-order valence-corrected chi connectivity index (χ1v) is 1.22. The smallest absolute Gasteiger partial charge is 0.134 e. The Bertz CT molecular complexity index is 65.7. The number of nitriles is 1. The van der Waals surface area contributed by atoms with E-state index in [2.05, 4.69) is 0 Å². The quantitative estimate of drug-likeness (QED) is 0.329. The minimum Gasteiger partial charge on any atom is -0.302 e. The van der Waals surface area contributed by atoms with E-state index in [1.807, 2.05) is 0 Å². The molecule has 0 saturated carbocycles. The SMILES string of the molecule is N#CCC=O.[Na]. The number of nitrogens with zero attached hydrogens (tertiary/aromatic N) is 1. The predicted molar refractivity (Wildman–Crippen MR) is 22.0 cm³/mol. The Kier molecular flexibility index (Phi) is 14.1. The van der Waals surface area contributed by atoms with E-state index in [4.69, 9.17) is 5.26 Å². The van der Waals surface area contributed by atoms with Gasteiger partial charge in [0.2, 0.25) is 0 Å². The molecule has 0 aliphatic carbocycles. The molecule has 0 spiro atoms. The third-order valence-electron chi connectivity index (χ3n) is 0.175. The van der Waals surface area contributed by atoms with Gasteiger partial charge in [0.15, 0.2) is 0 Å². The number of carbonyl (C=O) groups is 1. The van der Waals surface area contributed by atoms with Crippen molar-refractivity contribution in [1.29, 1.82) is 5.26 Å². The maximum absolute atomic E-state index is 9.18. The average Bonchev–Trinajstić information content (AvgIpc) is 1.41. The molecule has 0 saturated heterocycles. The van der Waals surface area contributed by atoms with Crippen LogP contribution in [0.4, 0.5) is 0 Å². The fraction of sp³-hybridized carbons (Fsp3) is 0.333. The van der Waals surface area contributed by atoms with Gasteiger partial charge >= 0.3 is 0 Å². The van der Waals surface area contributed by atoms with Crippen LogP contribution in [0.3, 0.4) is 0 Å². The van der Waals surface area contributed by atoms with Crippen molar-refractivity contribution in [2.75, 3.05) is 0 Å². The number of hydrogen-bond acceptors (Lipinski definition) is 2. The van der Waals surface area contributed by atoms with Gasteiger partial charge in [-0.15, -0.1) is 0 Å². The van der Waals surface area contributed by atoms with Gasteiger partial charge < -0.3 is 4.79 Å². The van der Waals surface area contributed by atoms with Crippen molar-refractivity contribution in [1.82, 2.24) is 0 Å². The molecule has 6 heavy (non-hydrogen) atoms. The van der Waals surface area contributed by atoms with Gasteiger partial charge in [-0.3, -0.25) is 0 Å². The van der Waals surface area contributed by atoms with Crippen molar-refractivity contribution in [2.45, 2.75) is 6.42 Å². The molecule has 0 aromatic heterocycles. The molecule has 0 heterocycles. The van der Waals surface area contributed by atoms with Crippen LogP contribution < -0.4 is 0 Å². The van der Waals surface area contributed by atoms with Crippen LogP contribution in [0.25, 0.3) is 0 Å². The van der Waals surface area contributed by atoms with Crippen molar-refractivity contribution in [3.05, 3.63) is 0 Å². The van der Waals surface area contributed by atoms with Crippen LogP contribution in [-0.4, -0.2) is 35.8 Å². The number of carbonyl (C=O) groups excluding carboxylic acids is 1. The zero-order valence-corrected chi connectivity index (χ0v) is 5.64. The van der Waals surface area contributed by atoms with E-state index in [-0.39, 0.29) is 36.0 Å². The molecule has 0 aromatic rings. The van der Waals surface area contributed by atoms with Crippen LogP contribution in [0, 0.1) is 11.3 Å². The molecule has 27 valence electrons. The Morgan fingerprint density at radius 3 is 2.33 bits per heavy atom. The van der Waals surface area contributed by atoms with Crippen molar-refractivity contribution in [2.24, 2.45) is 0 Å².